The molecule has 2 aromatic carbocycles. The lowest BCUT2D eigenvalue weighted by Crippen LogP contribution is -2.31. The van der Waals surface area contributed by atoms with Crippen molar-refractivity contribution in [2.75, 3.05) is 6.54 Å². The zero-order valence-corrected chi connectivity index (χ0v) is 19.2. The summed E-state index contributed by atoms with van der Waals surface area (Å²) in [6, 6.07) is 13.4. The van der Waals surface area contributed by atoms with Gasteiger partial charge in [-0.1, -0.05) is 43.6 Å². The number of imide groups is 1. The lowest BCUT2D eigenvalue weighted by molar-refractivity contribution is -0.123. The first kappa shape index (κ1) is 21.2. The standard InChI is InChI=1S/C21H19ClINO3S/c1-13(2)11-24-20(25)19(28-21(24)26)10-15-5-8-18(17(22)9-15)27-12-14-3-6-16(23)7-4-14/h3-10,13H,11-12H2,1-2H3/b19-10-. The number of rotatable bonds is 6. The Morgan fingerprint density at radius 2 is 1.89 bits per heavy atom. The van der Waals surface area contributed by atoms with E-state index in [1.165, 1.54) is 8.47 Å². The van der Waals surface area contributed by atoms with Crippen LogP contribution < -0.4 is 4.74 Å². The summed E-state index contributed by atoms with van der Waals surface area (Å²) in [6.45, 7) is 4.79. The first-order chi connectivity index (χ1) is 13.3. The number of benzene rings is 2. The van der Waals surface area contributed by atoms with Gasteiger partial charge in [0.25, 0.3) is 11.1 Å². The smallest absolute Gasteiger partial charge is 0.293 e. The monoisotopic (exact) mass is 527 g/mol. The van der Waals surface area contributed by atoms with Crippen molar-refractivity contribution in [3.63, 3.8) is 0 Å². The van der Waals surface area contributed by atoms with E-state index in [1.807, 2.05) is 44.2 Å². The minimum atomic E-state index is -0.251. The minimum absolute atomic E-state index is 0.228. The average molecular weight is 528 g/mol. The molecule has 1 saturated heterocycles. The Labute approximate surface area is 187 Å². The molecule has 1 aliphatic rings. The SMILES string of the molecule is CC(C)CN1C(=O)S/C(=C\c2ccc(OCc3ccc(I)cc3)c(Cl)c2)C1=O. The van der Waals surface area contributed by atoms with Crippen LogP contribution in [0.2, 0.25) is 5.02 Å². The highest BCUT2D eigenvalue weighted by Gasteiger charge is 2.35. The van der Waals surface area contributed by atoms with Crippen molar-refractivity contribution < 1.29 is 14.3 Å². The zero-order chi connectivity index (χ0) is 20.3. The topological polar surface area (TPSA) is 46.6 Å². The highest BCUT2D eigenvalue weighted by molar-refractivity contribution is 14.1. The molecule has 146 valence electrons. The van der Waals surface area contributed by atoms with E-state index in [1.54, 1.807) is 18.2 Å². The molecule has 0 atom stereocenters. The quantitative estimate of drug-likeness (QED) is 0.331. The van der Waals surface area contributed by atoms with Gasteiger partial charge >= 0.3 is 0 Å². The molecule has 0 radical (unpaired) electrons. The molecule has 0 spiro atoms. The minimum Gasteiger partial charge on any atom is -0.487 e. The van der Waals surface area contributed by atoms with Crippen LogP contribution in [0.25, 0.3) is 6.08 Å². The molecule has 0 N–H and O–H groups in total. The van der Waals surface area contributed by atoms with Crippen molar-refractivity contribution in [3.05, 3.63) is 67.1 Å². The molecule has 0 aliphatic carbocycles. The summed E-state index contributed by atoms with van der Waals surface area (Å²) in [5.41, 5.74) is 1.81. The Bertz CT molecular complexity index is 928. The van der Waals surface area contributed by atoms with Crippen LogP contribution in [0.15, 0.2) is 47.4 Å². The van der Waals surface area contributed by atoms with Gasteiger partial charge in [0.15, 0.2) is 0 Å². The third kappa shape index (κ3) is 5.30. The van der Waals surface area contributed by atoms with Crippen LogP contribution in [0, 0.1) is 9.49 Å². The summed E-state index contributed by atoms with van der Waals surface area (Å²) in [7, 11) is 0. The summed E-state index contributed by atoms with van der Waals surface area (Å²) >= 11 is 9.56. The van der Waals surface area contributed by atoms with Crippen molar-refractivity contribution in [2.24, 2.45) is 5.92 Å². The number of halogens is 2. The van der Waals surface area contributed by atoms with Crippen molar-refractivity contribution in [1.29, 1.82) is 0 Å². The molecule has 0 aromatic heterocycles. The van der Waals surface area contributed by atoms with Gasteiger partial charge in [0.2, 0.25) is 0 Å². The van der Waals surface area contributed by atoms with Gasteiger partial charge in [-0.05, 0) is 81.7 Å². The van der Waals surface area contributed by atoms with Gasteiger partial charge in [-0.15, -0.1) is 0 Å². The van der Waals surface area contributed by atoms with Gasteiger partial charge in [0.05, 0.1) is 9.93 Å². The molecule has 3 rings (SSSR count). The summed E-state index contributed by atoms with van der Waals surface area (Å²) in [5, 5.41) is 0.231. The number of carbonyl (C=O) groups is 2. The summed E-state index contributed by atoms with van der Waals surface area (Å²) < 4.78 is 6.97. The van der Waals surface area contributed by atoms with E-state index in [2.05, 4.69) is 22.6 Å². The van der Waals surface area contributed by atoms with Crippen LogP contribution in [0.4, 0.5) is 4.79 Å². The third-order valence-corrected chi connectivity index (χ3v) is 5.90. The Morgan fingerprint density at radius 1 is 1.18 bits per heavy atom. The highest BCUT2D eigenvalue weighted by Crippen LogP contribution is 2.34. The van der Waals surface area contributed by atoms with E-state index in [4.69, 9.17) is 16.3 Å². The second-order valence-electron chi connectivity index (χ2n) is 6.79. The van der Waals surface area contributed by atoms with Crippen LogP contribution in [0.5, 0.6) is 5.75 Å². The van der Waals surface area contributed by atoms with E-state index in [-0.39, 0.29) is 17.1 Å². The number of amides is 2. The van der Waals surface area contributed by atoms with Gasteiger partial charge in [0.1, 0.15) is 12.4 Å². The van der Waals surface area contributed by atoms with E-state index >= 15 is 0 Å². The number of thioether (sulfide) groups is 1. The number of carbonyl (C=O) groups excluding carboxylic acids is 2. The molecule has 28 heavy (non-hydrogen) atoms. The molecule has 0 saturated carbocycles. The van der Waals surface area contributed by atoms with E-state index in [9.17, 15) is 9.59 Å². The number of ether oxygens (including phenoxy) is 1. The molecular weight excluding hydrogens is 509 g/mol. The second kappa shape index (κ2) is 9.33. The molecular formula is C21H19ClINO3S. The molecule has 0 bridgehead atoms. The lowest BCUT2D eigenvalue weighted by Gasteiger charge is -2.14. The lowest BCUT2D eigenvalue weighted by atomic mass is 10.2. The molecule has 1 heterocycles. The fraction of sp³-hybridized carbons (Fsp3) is 0.238. The van der Waals surface area contributed by atoms with Crippen molar-refractivity contribution in [1.82, 2.24) is 4.90 Å². The molecule has 4 nitrogen and oxygen atoms in total. The molecule has 1 fully saturated rings. The highest BCUT2D eigenvalue weighted by atomic mass is 127. The number of hydrogen-bond acceptors (Lipinski definition) is 4. The third-order valence-electron chi connectivity index (χ3n) is 3.98. The van der Waals surface area contributed by atoms with Crippen LogP contribution in [0.3, 0.4) is 0 Å². The van der Waals surface area contributed by atoms with Crippen molar-refractivity contribution in [2.45, 2.75) is 20.5 Å². The summed E-state index contributed by atoms with van der Waals surface area (Å²) in [5.74, 6) is 0.552. The van der Waals surface area contributed by atoms with Crippen molar-refractivity contribution in [3.8, 4) is 5.75 Å². The Kier molecular flexibility index (Phi) is 7.06. The first-order valence-corrected chi connectivity index (χ1v) is 11.0. The predicted molar refractivity (Wildman–Crippen MR) is 122 cm³/mol. The Hall–Kier alpha value is -1.51. The van der Waals surface area contributed by atoms with Gasteiger partial charge in [-0.2, -0.15) is 0 Å². The van der Waals surface area contributed by atoms with Crippen LogP contribution in [-0.2, 0) is 11.4 Å². The van der Waals surface area contributed by atoms with Gasteiger partial charge < -0.3 is 4.74 Å². The van der Waals surface area contributed by atoms with Crippen LogP contribution in [0.1, 0.15) is 25.0 Å². The van der Waals surface area contributed by atoms with Gasteiger partial charge in [0, 0.05) is 10.1 Å². The molecule has 2 amide bonds. The Balaban J connectivity index is 1.70. The number of nitrogens with zero attached hydrogens (tertiary/aromatic N) is 1. The molecule has 0 unspecified atom stereocenters. The zero-order valence-electron chi connectivity index (χ0n) is 15.4. The largest absolute Gasteiger partial charge is 0.487 e. The van der Waals surface area contributed by atoms with Gasteiger partial charge in [-0.25, -0.2) is 0 Å². The number of hydrogen-bond donors (Lipinski definition) is 0. The summed E-state index contributed by atoms with van der Waals surface area (Å²) in [6.07, 6.45) is 1.69. The molecule has 2 aromatic rings. The van der Waals surface area contributed by atoms with Crippen LogP contribution >= 0.6 is 46.0 Å². The fourth-order valence-electron chi connectivity index (χ4n) is 2.64. The Morgan fingerprint density at radius 3 is 2.54 bits per heavy atom. The van der Waals surface area contributed by atoms with E-state index < -0.39 is 0 Å². The normalized spacial score (nSPS) is 15.8. The summed E-state index contributed by atoms with van der Waals surface area (Å²) in [4.78, 5) is 26.2. The van der Waals surface area contributed by atoms with E-state index in [0.717, 1.165) is 22.9 Å². The maximum atomic E-state index is 12.4. The van der Waals surface area contributed by atoms with Crippen LogP contribution in [-0.4, -0.2) is 22.6 Å². The van der Waals surface area contributed by atoms with Gasteiger partial charge in [-0.3, -0.25) is 14.5 Å². The second-order valence-corrected chi connectivity index (χ2v) is 9.44. The fourth-order valence-corrected chi connectivity index (χ4v) is 4.09. The molecule has 7 heteroatoms. The first-order valence-electron chi connectivity index (χ1n) is 8.75. The molecule has 1 aliphatic heterocycles. The predicted octanol–water partition coefficient (Wildman–Crippen LogP) is 6.22. The van der Waals surface area contributed by atoms with E-state index in [0.29, 0.717) is 28.8 Å². The van der Waals surface area contributed by atoms with Crippen molar-refractivity contribution >= 4 is 63.2 Å². The maximum absolute atomic E-state index is 12.4. The maximum Gasteiger partial charge on any atom is 0.293 e. The average Bonchev–Trinajstić information content (AvgIpc) is 2.89.